The van der Waals surface area contributed by atoms with E-state index in [1.54, 1.807) is 6.07 Å². The molecule has 2 nitrogen and oxygen atoms in total. The van der Waals surface area contributed by atoms with Crippen LogP contribution in [-0.4, -0.2) is 19.7 Å². The van der Waals surface area contributed by atoms with E-state index in [0.717, 1.165) is 38.1 Å². The molecular formula is C14H16F3NO. The maximum Gasteiger partial charge on any atom is 0.416 e. The Kier molecular flexibility index (Phi) is 4.47. The maximum absolute atomic E-state index is 12.5. The van der Waals surface area contributed by atoms with Gasteiger partial charge < -0.3 is 10.1 Å². The van der Waals surface area contributed by atoms with Crippen LogP contribution < -0.4 is 10.1 Å². The first kappa shape index (κ1) is 13.9. The van der Waals surface area contributed by atoms with E-state index in [1.165, 1.54) is 11.6 Å². The van der Waals surface area contributed by atoms with Gasteiger partial charge >= 0.3 is 6.18 Å². The molecule has 0 aliphatic carbocycles. The van der Waals surface area contributed by atoms with Crippen molar-refractivity contribution in [3.8, 4) is 5.75 Å². The molecule has 0 amide bonds. The average Bonchev–Trinajstić information content (AvgIpc) is 2.39. The molecule has 2 rings (SSSR count). The Labute approximate surface area is 110 Å². The summed E-state index contributed by atoms with van der Waals surface area (Å²) < 4.78 is 42.9. The van der Waals surface area contributed by atoms with Gasteiger partial charge in [-0.15, -0.1) is 0 Å². The molecule has 0 saturated heterocycles. The second-order valence-electron chi connectivity index (χ2n) is 4.44. The van der Waals surface area contributed by atoms with Crippen LogP contribution in [0, 0.1) is 0 Å². The van der Waals surface area contributed by atoms with Crippen molar-refractivity contribution in [3.63, 3.8) is 0 Å². The third-order valence-corrected chi connectivity index (χ3v) is 3.01. The van der Waals surface area contributed by atoms with Crippen LogP contribution in [-0.2, 0) is 6.18 Å². The molecule has 0 fully saturated rings. The van der Waals surface area contributed by atoms with Gasteiger partial charge in [-0.1, -0.05) is 17.7 Å². The molecule has 1 aliphatic rings. The summed E-state index contributed by atoms with van der Waals surface area (Å²) in [6.07, 6.45) is -0.472. The lowest BCUT2D eigenvalue weighted by Crippen LogP contribution is -2.21. The van der Waals surface area contributed by atoms with Crippen molar-refractivity contribution < 1.29 is 17.9 Å². The van der Waals surface area contributed by atoms with Crippen molar-refractivity contribution in [3.05, 3.63) is 41.5 Å². The summed E-state index contributed by atoms with van der Waals surface area (Å²) in [5.41, 5.74) is 0.622. The number of ether oxygens (including phenoxy) is 1. The third kappa shape index (κ3) is 4.28. The summed E-state index contributed by atoms with van der Waals surface area (Å²) in [6.45, 7) is 2.22. The number of benzene rings is 1. The molecular weight excluding hydrogens is 255 g/mol. The Hall–Kier alpha value is -1.49. The normalized spacial score (nSPS) is 16.1. The minimum atomic E-state index is -4.32. The molecule has 19 heavy (non-hydrogen) atoms. The average molecular weight is 271 g/mol. The van der Waals surface area contributed by atoms with Gasteiger partial charge in [0.25, 0.3) is 0 Å². The highest BCUT2D eigenvalue weighted by Crippen LogP contribution is 2.31. The summed E-state index contributed by atoms with van der Waals surface area (Å²) in [5.74, 6) is 0.268. The smallest absolute Gasteiger partial charge is 0.416 e. The van der Waals surface area contributed by atoms with Crippen molar-refractivity contribution >= 4 is 0 Å². The van der Waals surface area contributed by atoms with E-state index < -0.39 is 11.7 Å². The third-order valence-electron chi connectivity index (χ3n) is 3.01. The zero-order chi connectivity index (χ0) is 13.7. The highest BCUT2D eigenvalue weighted by molar-refractivity contribution is 5.30. The van der Waals surface area contributed by atoms with Gasteiger partial charge in [-0.2, -0.15) is 13.2 Å². The van der Waals surface area contributed by atoms with E-state index in [2.05, 4.69) is 11.4 Å². The second-order valence-corrected chi connectivity index (χ2v) is 4.44. The van der Waals surface area contributed by atoms with Crippen LogP contribution in [0.5, 0.6) is 5.75 Å². The largest absolute Gasteiger partial charge is 0.493 e. The van der Waals surface area contributed by atoms with E-state index in [-0.39, 0.29) is 5.75 Å². The second kappa shape index (κ2) is 6.10. The molecule has 0 bridgehead atoms. The molecule has 104 valence electrons. The Morgan fingerprint density at radius 2 is 2.11 bits per heavy atom. The molecule has 0 atom stereocenters. The highest BCUT2D eigenvalue weighted by Gasteiger charge is 2.30. The molecule has 0 aromatic heterocycles. The van der Waals surface area contributed by atoms with Crippen molar-refractivity contribution in [2.75, 3.05) is 19.7 Å². The molecule has 1 N–H and O–H groups in total. The molecule has 1 aromatic carbocycles. The monoisotopic (exact) mass is 271 g/mol. The zero-order valence-corrected chi connectivity index (χ0v) is 10.5. The van der Waals surface area contributed by atoms with E-state index in [0.29, 0.717) is 6.61 Å². The van der Waals surface area contributed by atoms with E-state index >= 15 is 0 Å². The lowest BCUT2D eigenvalue weighted by Gasteiger charge is -2.14. The summed E-state index contributed by atoms with van der Waals surface area (Å²) in [7, 11) is 0. The van der Waals surface area contributed by atoms with Gasteiger partial charge in [0.1, 0.15) is 5.75 Å². The zero-order valence-electron chi connectivity index (χ0n) is 10.5. The summed E-state index contributed by atoms with van der Waals surface area (Å²) in [4.78, 5) is 0. The lowest BCUT2D eigenvalue weighted by atomic mass is 10.1. The number of alkyl halides is 3. The molecule has 1 aliphatic heterocycles. The first-order valence-corrected chi connectivity index (χ1v) is 6.24. The van der Waals surface area contributed by atoms with Gasteiger partial charge in [-0.05, 0) is 31.2 Å². The van der Waals surface area contributed by atoms with Crippen LogP contribution >= 0.6 is 0 Å². The molecule has 0 saturated carbocycles. The van der Waals surface area contributed by atoms with Crippen LogP contribution in [0.3, 0.4) is 0 Å². The van der Waals surface area contributed by atoms with Gasteiger partial charge in [-0.25, -0.2) is 0 Å². The fourth-order valence-corrected chi connectivity index (χ4v) is 1.96. The van der Waals surface area contributed by atoms with Gasteiger partial charge in [0, 0.05) is 13.0 Å². The quantitative estimate of drug-likeness (QED) is 0.847. The minimum Gasteiger partial charge on any atom is -0.493 e. The van der Waals surface area contributed by atoms with Crippen LogP contribution in [0.15, 0.2) is 35.9 Å². The Balaban J connectivity index is 1.87. The number of hydrogen-bond donors (Lipinski definition) is 1. The van der Waals surface area contributed by atoms with Crippen LogP contribution in [0.1, 0.15) is 18.4 Å². The Morgan fingerprint density at radius 3 is 2.79 bits per heavy atom. The number of hydrogen-bond acceptors (Lipinski definition) is 2. The Morgan fingerprint density at radius 1 is 1.26 bits per heavy atom. The van der Waals surface area contributed by atoms with Crippen molar-refractivity contribution in [2.24, 2.45) is 0 Å². The molecule has 5 heteroatoms. The van der Waals surface area contributed by atoms with E-state index in [4.69, 9.17) is 4.74 Å². The summed E-state index contributed by atoms with van der Waals surface area (Å²) in [5, 5.41) is 3.20. The standard InChI is InChI=1S/C14H16F3NO/c15-14(16,17)12-2-1-3-13(10-12)19-9-6-11-4-7-18-8-5-11/h1-4,10,18H,5-9H2. The fraction of sp³-hybridized carbons (Fsp3) is 0.429. The summed E-state index contributed by atoms with van der Waals surface area (Å²) in [6, 6.07) is 4.99. The molecule has 0 spiro atoms. The molecule has 0 radical (unpaired) electrons. The summed E-state index contributed by atoms with van der Waals surface area (Å²) >= 11 is 0. The van der Waals surface area contributed by atoms with Gasteiger partial charge in [-0.3, -0.25) is 0 Å². The molecule has 1 aromatic rings. The topological polar surface area (TPSA) is 21.3 Å². The van der Waals surface area contributed by atoms with Crippen LogP contribution in [0.2, 0.25) is 0 Å². The lowest BCUT2D eigenvalue weighted by molar-refractivity contribution is -0.137. The van der Waals surface area contributed by atoms with Crippen molar-refractivity contribution in [1.82, 2.24) is 5.32 Å². The van der Waals surface area contributed by atoms with Gasteiger partial charge in [0.2, 0.25) is 0 Å². The van der Waals surface area contributed by atoms with E-state index in [9.17, 15) is 13.2 Å². The predicted molar refractivity (Wildman–Crippen MR) is 67.1 cm³/mol. The van der Waals surface area contributed by atoms with Crippen molar-refractivity contribution in [2.45, 2.75) is 19.0 Å². The number of nitrogens with one attached hydrogen (secondary N) is 1. The first-order valence-electron chi connectivity index (χ1n) is 6.24. The first-order chi connectivity index (χ1) is 9.05. The predicted octanol–water partition coefficient (Wildman–Crippen LogP) is 3.39. The van der Waals surface area contributed by atoms with Gasteiger partial charge in [0.05, 0.1) is 12.2 Å². The SMILES string of the molecule is FC(F)(F)c1cccc(OCCC2=CCNCC2)c1. The fourth-order valence-electron chi connectivity index (χ4n) is 1.96. The van der Waals surface area contributed by atoms with Gasteiger partial charge in [0.15, 0.2) is 0 Å². The van der Waals surface area contributed by atoms with Crippen molar-refractivity contribution in [1.29, 1.82) is 0 Å². The van der Waals surface area contributed by atoms with Crippen LogP contribution in [0.4, 0.5) is 13.2 Å². The molecule has 1 heterocycles. The maximum atomic E-state index is 12.5. The van der Waals surface area contributed by atoms with E-state index in [1.807, 2.05) is 0 Å². The molecule has 0 unspecified atom stereocenters. The number of rotatable bonds is 4. The minimum absolute atomic E-state index is 0.268. The number of halogens is 3. The Bertz CT molecular complexity index is 454. The van der Waals surface area contributed by atoms with Crippen LogP contribution in [0.25, 0.3) is 0 Å². The highest BCUT2D eigenvalue weighted by atomic mass is 19.4.